The largest absolute Gasteiger partial charge is 0.330 e. The van der Waals surface area contributed by atoms with Crippen molar-refractivity contribution in [2.45, 2.75) is 37.8 Å². The lowest BCUT2D eigenvalue weighted by molar-refractivity contribution is 0.201. The molecule has 1 saturated heterocycles. The Bertz CT molecular complexity index is 153. The van der Waals surface area contributed by atoms with Gasteiger partial charge in [0.25, 0.3) is 0 Å². The fraction of sp³-hybridized carbons (Fsp3) is 1.00. The highest BCUT2D eigenvalue weighted by molar-refractivity contribution is 7.99. The van der Waals surface area contributed by atoms with Gasteiger partial charge in [-0.05, 0) is 44.5 Å². The van der Waals surface area contributed by atoms with Gasteiger partial charge < -0.3 is 5.73 Å². The van der Waals surface area contributed by atoms with Crippen molar-refractivity contribution in [2.24, 2.45) is 5.73 Å². The molecule has 0 spiro atoms. The minimum Gasteiger partial charge on any atom is -0.330 e. The summed E-state index contributed by atoms with van der Waals surface area (Å²) in [5.41, 5.74) is 5.56. The van der Waals surface area contributed by atoms with E-state index in [9.17, 15) is 0 Å². The van der Waals surface area contributed by atoms with Crippen LogP contribution < -0.4 is 5.73 Å². The van der Waals surface area contributed by atoms with Crippen molar-refractivity contribution in [3.05, 3.63) is 0 Å². The predicted octanol–water partition coefficient (Wildman–Crippen LogP) is 1.31. The molecule has 0 unspecified atom stereocenters. The minimum atomic E-state index is 0.850. The summed E-state index contributed by atoms with van der Waals surface area (Å²) in [6, 6.07) is 1.80. The van der Waals surface area contributed by atoms with Crippen LogP contribution in [0.15, 0.2) is 0 Å². The van der Waals surface area contributed by atoms with Crippen molar-refractivity contribution in [1.29, 1.82) is 0 Å². The second-order valence-electron chi connectivity index (χ2n) is 4.13. The van der Waals surface area contributed by atoms with Gasteiger partial charge in [0.05, 0.1) is 0 Å². The molecule has 1 aliphatic heterocycles. The summed E-state index contributed by atoms with van der Waals surface area (Å²) in [5.74, 6) is 2.73. The number of hydrogen-bond donors (Lipinski definition) is 1. The first-order valence-electron chi connectivity index (χ1n) is 5.45. The molecule has 2 N–H and O–H groups in total. The number of nitrogens with two attached hydrogens (primary N) is 1. The molecule has 1 atom stereocenters. The van der Waals surface area contributed by atoms with Gasteiger partial charge in [-0.1, -0.05) is 0 Å². The van der Waals surface area contributed by atoms with Crippen LogP contribution in [-0.4, -0.2) is 41.6 Å². The van der Waals surface area contributed by atoms with Crippen LogP contribution >= 0.6 is 11.8 Å². The van der Waals surface area contributed by atoms with Gasteiger partial charge in [0.1, 0.15) is 0 Å². The van der Waals surface area contributed by atoms with E-state index in [1.165, 1.54) is 43.7 Å². The monoisotopic (exact) mass is 200 g/mol. The molecular weight excluding hydrogens is 180 g/mol. The third-order valence-electron chi connectivity index (χ3n) is 3.01. The molecule has 0 amide bonds. The lowest BCUT2D eigenvalue weighted by Crippen LogP contribution is -2.38. The fourth-order valence-electron chi connectivity index (χ4n) is 2.13. The SMILES string of the molecule is NCCCN(C1CC1)[C@@H]1CCSC1. The van der Waals surface area contributed by atoms with Gasteiger partial charge in [-0.25, -0.2) is 0 Å². The van der Waals surface area contributed by atoms with Crippen molar-refractivity contribution in [1.82, 2.24) is 4.90 Å². The second-order valence-corrected chi connectivity index (χ2v) is 5.28. The maximum absolute atomic E-state index is 5.56. The standard InChI is InChI=1S/C10H20N2S/c11-5-1-6-12(9-2-3-9)10-4-7-13-8-10/h9-10H,1-8,11H2/t10-/m1/s1. The molecule has 1 saturated carbocycles. The maximum Gasteiger partial charge on any atom is 0.0197 e. The first-order chi connectivity index (χ1) is 6.42. The number of hydrogen-bond acceptors (Lipinski definition) is 3. The van der Waals surface area contributed by atoms with Gasteiger partial charge in [-0.3, -0.25) is 4.90 Å². The molecule has 0 aromatic carbocycles. The van der Waals surface area contributed by atoms with Gasteiger partial charge in [-0.15, -0.1) is 0 Å². The number of nitrogens with zero attached hydrogens (tertiary/aromatic N) is 1. The van der Waals surface area contributed by atoms with Crippen LogP contribution in [0.1, 0.15) is 25.7 Å². The quantitative estimate of drug-likeness (QED) is 0.725. The van der Waals surface area contributed by atoms with Gasteiger partial charge in [-0.2, -0.15) is 11.8 Å². The van der Waals surface area contributed by atoms with E-state index in [4.69, 9.17) is 5.73 Å². The summed E-state index contributed by atoms with van der Waals surface area (Å²) >= 11 is 2.12. The van der Waals surface area contributed by atoms with Gasteiger partial charge in [0.2, 0.25) is 0 Å². The smallest absolute Gasteiger partial charge is 0.0197 e. The molecule has 0 radical (unpaired) electrons. The first kappa shape index (κ1) is 9.81. The van der Waals surface area contributed by atoms with Crippen LogP contribution in [0.3, 0.4) is 0 Å². The van der Waals surface area contributed by atoms with E-state index < -0.39 is 0 Å². The molecule has 1 heterocycles. The van der Waals surface area contributed by atoms with Crippen molar-refractivity contribution in [3.8, 4) is 0 Å². The van der Waals surface area contributed by atoms with E-state index in [1.54, 1.807) is 0 Å². The molecule has 0 bridgehead atoms. The molecule has 2 aliphatic rings. The molecule has 13 heavy (non-hydrogen) atoms. The van der Waals surface area contributed by atoms with E-state index in [-0.39, 0.29) is 0 Å². The van der Waals surface area contributed by atoms with Crippen LogP contribution in [0.5, 0.6) is 0 Å². The Labute approximate surface area is 85.2 Å². The Morgan fingerprint density at radius 2 is 2.08 bits per heavy atom. The average Bonchev–Trinajstić information content (AvgIpc) is 2.82. The highest BCUT2D eigenvalue weighted by atomic mass is 32.2. The Morgan fingerprint density at radius 3 is 2.62 bits per heavy atom. The zero-order valence-corrected chi connectivity index (χ0v) is 9.06. The Balaban J connectivity index is 1.80. The lowest BCUT2D eigenvalue weighted by atomic mass is 10.2. The molecule has 2 fully saturated rings. The molecule has 2 nitrogen and oxygen atoms in total. The first-order valence-corrected chi connectivity index (χ1v) is 6.61. The van der Waals surface area contributed by atoms with Gasteiger partial charge in [0, 0.05) is 17.8 Å². The average molecular weight is 200 g/mol. The van der Waals surface area contributed by atoms with Crippen molar-refractivity contribution in [3.63, 3.8) is 0 Å². The topological polar surface area (TPSA) is 29.3 Å². The van der Waals surface area contributed by atoms with E-state index in [1.807, 2.05) is 0 Å². The number of thioether (sulfide) groups is 1. The molecule has 76 valence electrons. The zero-order chi connectivity index (χ0) is 9.10. The molecule has 0 aromatic rings. The van der Waals surface area contributed by atoms with Crippen LogP contribution in [-0.2, 0) is 0 Å². The second kappa shape index (κ2) is 4.67. The summed E-state index contributed by atoms with van der Waals surface area (Å²) in [5, 5.41) is 0. The van der Waals surface area contributed by atoms with Crippen LogP contribution in [0.2, 0.25) is 0 Å². The molecular formula is C10H20N2S. The Morgan fingerprint density at radius 1 is 1.23 bits per heavy atom. The Hall–Kier alpha value is 0.270. The Kier molecular flexibility index (Phi) is 3.52. The van der Waals surface area contributed by atoms with Crippen molar-refractivity contribution in [2.75, 3.05) is 24.6 Å². The molecule has 0 aromatic heterocycles. The zero-order valence-electron chi connectivity index (χ0n) is 8.24. The summed E-state index contributed by atoms with van der Waals surface area (Å²) in [4.78, 5) is 2.73. The summed E-state index contributed by atoms with van der Waals surface area (Å²) in [6.07, 6.45) is 5.46. The lowest BCUT2D eigenvalue weighted by Gasteiger charge is -2.28. The molecule has 1 aliphatic carbocycles. The summed E-state index contributed by atoms with van der Waals surface area (Å²) in [6.45, 7) is 2.09. The fourth-order valence-corrected chi connectivity index (χ4v) is 3.36. The van der Waals surface area contributed by atoms with Crippen LogP contribution in [0.25, 0.3) is 0 Å². The maximum atomic E-state index is 5.56. The van der Waals surface area contributed by atoms with Crippen molar-refractivity contribution < 1.29 is 0 Å². The van der Waals surface area contributed by atoms with Crippen LogP contribution in [0, 0.1) is 0 Å². The minimum absolute atomic E-state index is 0.850. The molecule has 2 rings (SSSR count). The van der Waals surface area contributed by atoms with E-state index in [0.717, 1.165) is 18.6 Å². The normalized spacial score (nSPS) is 28.6. The molecule has 3 heteroatoms. The van der Waals surface area contributed by atoms with Gasteiger partial charge in [0.15, 0.2) is 0 Å². The third-order valence-corrected chi connectivity index (χ3v) is 4.16. The highest BCUT2D eigenvalue weighted by Gasteiger charge is 2.34. The van der Waals surface area contributed by atoms with Crippen LogP contribution in [0.4, 0.5) is 0 Å². The predicted molar refractivity (Wildman–Crippen MR) is 59.1 cm³/mol. The van der Waals surface area contributed by atoms with E-state index >= 15 is 0 Å². The third kappa shape index (κ3) is 2.61. The summed E-state index contributed by atoms with van der Waals surface area (Å²) in [7, 11) is 0. The highest BCUT2D eigenvalue weighted by Crippen LogP contribution is 2.33. The van der Waals surface area contributed by atoms with E-state index in [2.05, 4.69) is 16.7 Å². The number of rotatable bonds is 5. The summed E-state index contributed by atoms with van der Waals surface area (Å²) < 4.78 is 0. The van der Waals surface area contributed by atoms with Crippen molar-refractivity contribution >= 4 is 11.8 Å². The van der Waals surface area contributed by atoms with Gasteiger partial charge >= 0.3 is 0 Å². The van der Waals surface area contributed by atoms with E-state index in [0.29, 0.717) is 0 Å².